The van der Waals surface area contributed by atoms with Crippen molar-refractivity contribution in [2.45, 2.75) is 38.6 Å². The van der Waals surface area contributed by atoms with Crippen molar-refractivity contribution in [2.75, 3.05) is 0 Å². The normalized spacial score (nSPS) is 12.9. The average Bonchev–Trinajstić information content (AvgIpc) is 3.35. The van der Waals surface area contributed by atoms with Crippen LogP contribution in [0.3, 0.4) is 0 Å². The van der Waals surface area contributed by atoms with Crippen LogP contribution in [0.1, 0.15) is 32.2 Å². The lowest BCUT2D eigenvalue weighted by Gasteiger charge is -2.31. The molecule has 1 unspecified atom stereocenters. The van der Waals surface area contributed by atoms with E-state index in [9.17, 15) is 4.55 Å². The summed E-state index contributed by atoms with van der Waals surface area (Å²) < 4.78 is 18.8. The van der Waals surface area contributed by atoms with Crippen molar-refractivity contribution in [1.82, 2.24) is 23.9 Å². The van der Waals surface area contributed by atoms with Gasteiger partial charge in [-0.3, -0.25) is 9.36 Å². The molecule has 7 heteroatoms. The monoisotopic (exact) mass is 461 g/mol. The van der Waals surface area contributed by atoms with Crippen LogP contribution in [0, 0.1) is 0 Å². The Morgan fingerprint density at radius 2 is 1.15 bits per heavy atom. The highest BCUT2D eigenvalue weighted by Gasteiger charge is 2.34. The largest absolute Gasteiger partial charge is 0.597 e. The predicted molar refractivity (Wildman–Crippen MR) is 134 cm³/mol. The first kappa shape index (κ1) is 23.3. The predicted octanol–water partition coefficient (Wildman–Crippen LogP) is 4.95. The maximum atomic E-state index is 13.5. The number of nitrogens with zero attached hydrogens (tertiary/aromatic N) is 5. The minimum Gasteiger partial charge on any atom is -0.597 e. The van der Waals surface area contributed by atoms with Crippen LogP contribution in [0.15, 0.2) is 72.8 Å². The van der Waals surface area contributed by atoms with Crippen LogP contribution in [0.5, 0.6) is 0 Å². The summed E-state index contributed by atoms with van der Waals surface area (Å²) in [7, 11) is 3.89. The van der Waals surface area contributed by atoms with Gasteiger partial charge in [-0.15, -0.1) is 4.31 Å². The average molecular weight is 462 g/mol. The number of rotatable bonds is 7. The van der Waals surface area contributed by atoms with Gasteiger partial charge in [-0.1, -0.05) is 60.7 Å². The molecule has 0 aliphatic rings. The van der Waals surface area contributed by atoms with Crippen molar-refractivity contribution in [3.05, 3.63) is 84.2 Å². The highest BCUT2D eigenvalue weighted by Crippen LogP contribution is 2.27. The molecule has 2 aromatic carbocycles. The zero-order valence-electron chi connectivity index (χ0n) is 19.9. The van der Waals surface area contributed by atoms with E-state index in [2.05, 4.69) is 36.4 Å². The van der Waals surface area contributed by atoms with Gasteiger partial charge in [0.2, 0.25) is 0 Å². The molecular formula is C26H31N5OS. The van der Waals surface area contributed by atoms with Gasteiger partial charge in [0, 0.05) is 25.5 Å². The van der Waals surface area contributed by atoms with Crippen LogP contribution >= 0.6 is 0 Å². The molecule has 2 heterocycles. The number of aromatic nitrogens is 4. The molecule has 4 rings (SSSR count). The molecule has 0 saturated carbocycles. The Bertz CT molecular complexity index is 1110. The second-order valence-electron chi connectivity index (χ2n) is 9.18. The first-order valence-corrected chi connectivity index (χ1v) is 12.2. The van der Waals surface area contributed by atoms with Crippen LogP contribution in [-0.4, -0.2) is 33.2 Å². The van der Waals surface area contributed by atoms with E-state index >= 15 is 0 Å². The molecule has 2 aromatic heterocycles. The standard InChI is InChI=1S/C26H31N5OS/c1-26(2,3)33(32)31(18-22-16-24(29(4)27-22)20-12-8-6-9-13-20)19-23-17-25(30(5)28-23)21-14-10-7-11-15-21/h6-17H,18-19H2,1-5H3. The second-order valence-corrected chi connectivity index (χ2v) is 11.4. The number of hydrogen-bond acceptors (Lipinski definition) is 4. The summed E-state index contributed by atoms with van der Waals surface area (Å²) >= 11 is -1.22. The maximum Gasteiger partial charge on any atom is 0.137 e. The molecule has 0 spiro atoms. The van der Waals surface area contributed by atoms with Gasteiger partial charge >= 0.3 is 0 Å². The molecule has 4 aromatic rings. The van der Waals surface area contributed by atoms with E-state index in [1.165, 1.54) is 0 Å². The summed E-state index contributed by atoms with van der Waals surface area (Å²) in [5.74, 6) is 0. The van der Waals surface area contributed by atoms with Gasteiger partial charge in [0.1, 0.15) is 4.75 Å². The van der Waals surface area contributed by atoms with Gasteiger partial charge in [-0.05, 0) is 44.0 Å². The van der Waals surface area contributed by atoms with E-state index in [0.29, 0.717) is 13.1 Å². The summed E-state index contributed by atoms with van der Waals surface area (Å²) in [6, 6.07) is 24.6. The van der Waals surface area contributed by atoms with Gasteiger partial charge in [0.05, 0.1) is 35.9 Å². The Kier molecular flexibility index (Phi) is 6.74. The first-order chi connectivity index (χ1) is 15.7. The molecule has 1 atom stereocenters. The number of hydrogen-bond donors (Lipinski definition) is 0. The SMILES string of the molecule is Cn1nc(CN(Cc2cc(-c3ccccc3)n(C)n2)[S+]([O-])C(C)(C)C)cc1-c1ccccc1. The van der Waals surface area contributed by atoms with Crippen molar-refractivity contribution in [1.29, 1.82) is 0 Å². The van der Waals surface area contributed by atoms with Gasteiger partial charge in [-0.2, -0.15) is 10.2 Å². The van der Waals surface area contributed by atoms with Crippen LogP contribution in [0.25, 0.3) is 22.5 Å². The van der Waals surface area contributed by atoms with Crippen molar-refractivity contribution in [2.24, 2.45) is 14.1 Å². The molecule has 0 saturated heterocycles. The van der Waals surface area contributed by atoms with E-state index in [-0.39, 0.29) is 0 Å². The summed E-state index contributed by atoms with van der Waals surface area (Å²) in [5.41, 5.74) is 6.06. The Morgan fingerprint density at radius 3 is 1.52 bits per heavy atom. The number of aryl methyl sites for hydroxylation is 2. The lowest BCUT2D eigenvalue weighted by atomic mass is 10.1. The number of benzene rings is 2. The highest BCUT2D eigenvalue weighted by molar-refractivity contribution is 7.90. The minimum atomic E-state index is -1.22. The van der Waals surface area contributed by atoms with E-state index < -0.39 is 16.1 Å². The van der Waals surface area contributed by atoms with E-state index in [4.69, 9.17) is 10.2 Å². The Hall–Kier alpha value is -2.87. The van der Waals surface area contributed by atoms with Crippen molar-refractivity contribution in [3.63, 3.8) is 0 Å². The van der Waals surface area contributed by atoms with Crippen LogP contribution < -0.4 is 0 Å². The van der Waals surface area contributed by atoms with Crippen LogP contribution in [-0.2, 0) is 38.5 Å². The van der Waals surface area contributed by atoms with Gasteiger partial charge in [0.25, 0.3) is 0 Å². The van der Waals surface area contributed by atoms with E-state index in [1.54, 1.807) is 0 Å². The molecule has 0 bridgehead atoms. The molecule has 0 fully saturated rings. The van der Waals surface area contributed by atoms with Crippen molar-refractivity contribution in [3.8, 4) is 22.5 Å². The maximum absolute atomic E-state index is 13.5. The Morgan fingerprint density at radius 1 is 0.758 bits per heavy atom. The third-order valence-corrected chi connectivity index (χ3v) is 7.21. The molecule has 0 N–H and O–H groups in total. The molecule has 0 aliphatic heterocycles. The second kappa shape index (κ2) is 9.55. The van der Waals surface area contributed by atoms with E-state index in [0.717, 1.165) is 33.9 Å². The smallest absolute Gasteiger partial charge is 0.137 e. The first-order valence-electron chi connectivity index (χ1n) is 11.1. The molecule has 33 heavy (non-hydrogen) atoms. The zero-order valence-corrected chi connectivity index (χ0v) is 20.7. The van der Waals surface area contributed by atoms with Gasteiger partial charge in [0.15, 0.2) is 0 Å². The fourth-order valence-electron chi connectivity index (χ4n) is 3.89. The Labute approximate surface area is 199 Å². The lowest BCUT2D eigenvalue weighted by molar-refractivity contribution is 0.374. The summed E-state index contributed by atoms with van der Waals surface area (Å²) in [5, 5.41) is 9.44. The minimum absolute atomic E-state index is 0.395. The fourth-order valence-corrected chi connectivity index (χ4v) is 5.16. The third kappa shape index (κ3) is 5.38. The van der Waals surface area contributed by atoms with Crippen LogP contribution in [0.2, 0.25) is 0 Å². The molecule has 0 radical (unpaired) electrons. The van der Waals surface area contributed by atoms with Gasteiger partial charge < -0.3 is 4.55 Å². The van der Waals surface area contributed by atoms with E-state index in [1.807, 2.05) is 84.9 Å². The third-order valence-electron chi connectivity index (χ3n) is 5.44. The lowest BCUT2D eigenvalue weighted by Crippen LogP contribution is -2.42. The molecule has 172 valence electrons. The fraction of sp³-hybridized carbons (Fsp3) is 0.308. The zero-order chi connectivity index (χ0) is 23.6. The summed E-state index contributed by atoms with van der Waals surface area (Å²) in [6.45, 7) is 6.94. The van der Waals surface area contributed by atoms with Gasteiger partial charge in [-0.25, -0.2) is 0 Å². The molecule has 0 aliphatic carbocycles. The summed E-state index contributed by atoms with van der Waals surface area (Å²) in [4.78, 5) is 0. The van der Waals surface area contributed by atoms with Crippen molar-refractivity contribution >= 4 is 11.4 Å². The molecule has 0 amide bonds. The summed E-state index contributed by atoms with van der Waals surface area (Å²) in [6.07, 6.45) is 0. The topological polar surface area (TPSA) is 61.9 Å². The highest BCUT2D eigenvalue weighted by atomic mass is 32.2. The molecule has 6 nitrogen and oxygen atoms in total. The van der Waals surface area contributed by atoms with Crippen molar-refractivity contribution < 1.29 is 4.55 Å². The quantitative estimate of drug-likeness (QED) is 0.365. The molecular weight excluding hydrogens is 430 g/mol. The Balaban J connectivity index is 1.61. The van der Waals surface area contributed by atoms with Crippen LogP contribution in [0.4, 0.5) is 0 Å².